The lowest BCUT2D eigenvalue weighted by molar-refractivity contribution is 1.14. The van der Waals surface area contributed by atoms with Crippen molar-refractivity contribution in [1.82, 2.24) is 9.97 Å². The van der Waals surface area contributed by atoms with Crippen molar-refractivity contribution in [2.45, 2.75) is 0 Å². The second-order valence-corrected chi connectivity index (χ2v) is 1.96. The Kier molecular flexibility index (Phi) is 3.36. The summed E-state index contributed by atoms with van der Waals surface area (Å²) in [5, 5.41) is 2.60. The minimum atomic E-state index is -0.363. The molecule has 0 radical (unpaired) electrons. The lowest BCUT2D eigenvalue weighted by atomic mass is 10.5. The van der Waals surface area contributed by atoms with Gasteiger partial charge in [-0.3, -0.25) is 9.78 Å². The average molecular weight is 192 g/mol. The molecular weight excluding hydrogens is 182 g/mol. The van der Waals surface area contributed by atoms with Gasteiger partial charge in [-0.1, -0.05) is 0 Å². The van der Waals surface area contributed by atoms with Gasteiger partial charge in [0.2, 0.25) is 5.95 Å². The van der Waals surface area contributed by atoms with Crippen LogP contribution in [0.25, 0.3) is 0 Å². The van der Waals surface area contributed by atoms with E-state index in [4.69, 9.17) is 11.5 Å². The molecule has 0 aliphatic rings. The van der Waals surface area contributed by atoms with Crippen molar-refractivity contribution in [3.63, 3.8) is 0 Å². The molecule has 0 aromatic carbocycles. The molecule has 6 nitrogen and oxygen atoms in total. The van der Waals surface area contributed by atoms with Gasteiger partial charge in [-0.25, -0.2) is 0 Å². The van der Waals surface area contributed by atoms with Gasteiger partial charge >= 0.3 is 0 Å². The number of H-pyrrole nitrogens is 1. The Morgan fingerprint density at radius 1 is 1.50 bits per heavy atom. The Bertz CT molecular complexity index is 322. The largest absolute Gasteiger partial charge is 0.382 e. The molecule has 0 bridgehead atoms. The molecule has 0 saturated heterocycles. The van der Waals surface area contributed by atoms with Gasteiger partial charge in [0.1, 0.15) is 5.69 Å². The van der Waals surface area contributed by atoms with Crippen LogP contribution in [0.2, 0.25) is 0 Å². The molecule has 1 heterocycles. The van der Waals surface area contributed by atoms with Gasteiger partial charge in [-0.2, -0.15) is 4.98 Å². The Hall–Kier alpha value is -1.43. The zero-order valence-electron chi connectivity index (χ0n) is 6.42. The van der Waals surface area contributed by atoms with Crippen LogP contribution >= 0.6 is 12.4 Å². The summed E-state index contributed by atoms with van der Waals surface area (Å²) in [5.74, 6) is 0.125. The van der Waals surface area contributed by atoms with E-state index in [0.717, 1.165) is 0 Å². The number of aromatic amines is 1. The van der Waals surface area contributed by atoms with Crippen LogP contribution in [0, 0.1) is 0 Å². The molecular formula is C5H10ClN5O. The van der Waals surface area contributed by atoms with Crippen LogP contribution in [0.15, 0.2) is 4.79 Å². The van der Waals surface area contributed by atoms with Crippen molar-refractivity contribution in [2.24, 2.45) is 0 Å². The Labute approximate surface area is 74.8 Å². The van der Waals surface area contributed by atoms with Crippen molar-refractivity contribution < 1.29 is 0 Å². The van der Waals surface area contributed by atoms with Crippen molar-refractivity contribution >= 4 is 29.9 Å². The molecule has 0 fully saturated rings. The standard InChI is InChI=1S/C5H9N5O.ClH/c1-8-2-3(6)9-5(7)10-4(2)11;/h8H,1H3,(H5,6,7,9,10,11);1H. The molecule has 7 heteroatoms. The molecule has 0 aliphatic heterocycles. The van der Waals surface area contributed by atoms with Crippen molar-refractivity contribution in [2.75, 3.05) is 23.8 Å². The molecule has 12 heavy (non-hydrogen) atoms. The highest BCUT2D eigenvalue weighted by Crippen LogP contribution is 2.07. The maximum absolute atomic E-state index is 11.0. The van der Waals surface area contributed by atoms with Gasteiger partial charge in [0.15, 0.2) is 5.82 Å². The number of nitrogens with two attached hydrogens (primary N) is 2. The number of anilines is 3. The number of halogens is 1. The zero-order valence-corrected chi connectivity index (χ0v) is 7.23. The molecule has 0 spiro atoms. The highest BCUT2D eigenvalue weighted by atomic mass is 35.5. The first-order valence-corrected chi connectivity index (χ1v) is 2.98. The van der Waals surface area contributed by atoms with Crippen molar-refractivity contribution in [3.05, 3.63) is 10.4 Å². The number of nitrogen functional groups attached to an aromatic ring is 2. The molecule has 6 N–H and O–H groups in total. The number of hydrogen-bond acceptors (Lipinski definition) is 5. The number of rotatable bonds is 1. The van der Waals surface area contributed by atoms with E-state index in [1.807, 2.05) is 0 Å². The van der Waals surface area contributed by atoms with E-state index in [1.54, 1.807) is 7.05 Å². The van der Waals surface area contributed by atoms with E-state index in [9.17, 15) is 4.79 Å². The van der Waals surface area contributed by atoms with E-state index in [0.29, 0.717) is 0 Å². The summed E-state index contributed by atoms with van der Waals surface area (Å²) in [6, 6.07) is 0. The number of hydrogen-bond donors (Lipinski definition) is 4. The van der Waals surface area contributed by atoms with Crippen LogP contribution in [0.5, 0.6) is 0 Å². The topological polar surface area (TPSA) is 110 Å². The zero-order chi connectivity index (χ0) is 8.43. The van der Waals surface area contributed by atoms with E-state index in [2.05, 4.69) is 15.3 Å². The normalized spacial score (nSPS) is 8.75. The smallest absolute Gasteiger partial charge is 0.277 e. The molecule has 0 aliphatic carbocycles. The quantitative estimate of drug-likeness (QED) is 0.474. The molecule has 0 amide bonds. The third kappa shape index (κ3) is 1.79. The maximum atomic E-state index is 11.0. The summed E-state index contributed by atoms with van der Waals surface area (Å²) in [5.41, 5.74) is 10.4. The van der Waals surface area contributed by atoms with Gasteiger partial charge in [0.05, 0.1) is 0 Å². The van der Waals surface area contributed by atoms with E-state index in [-0.39, 0.29) is 35.4 Å². The summed E-state index contributed by atoms with van der Waals surface area (Å²) in [6.45, 7) is 0. The first-order chi connectivity index (χ1) is 5.15. The summed E-state index contributed by atoms with van der Waals surface area (Å²) in [7, 11) is 1.58. The SMILES string of the molecule is CNc1c(N)nc(N)[nH]c1=O.Cl. The highest BCUT2D eigenvalue weighted by Gasteiger charge is 2.03. The first kappa shape index (κ1) is 10.6. The highest BCUT2D eigenvalue weighted by molar-refractivity contribution is 5.85. The van der Waals surface area contributed by atoms with Gasteiger partial charge < -0.3 is 16.8 Å². The summed E-state index contributed by atoms with van der Waals surface area (Å²) in [6.07, 6.45) is 0. The average Bonchev–Trinajstić information content (AvgIpc) is 1.85. The predicted molar refractivity (Wildman–Crippen MR) is 50.5 cm³/mol. The Morgan fingerprint density at radius 3 is 2.50 bits per heavy atom. The second kappa shape index (κ2) is 3.82. The monoisotopic (exact) mass is 191 g/mol. The fourth-order valence-corrected chi connectivity index (χ4v) is 0.750. The van der Waals surface area contributed by atoms with Crippen LogP contribution < -0.4 is 22.3 Å². The molecule has 0 saturated carbocycles. The fraction of sp³-hybridized carbons (Fsp3) is 0.200. The van der Waals surface area contributed by atoms with Crippen LogP contribution in [-0.4, -0.2) is 17.0 Å². The molecule has 0 unspecified atom stereocenters. The minimum absolute atomic E-state index is 0. The van der Waals surface area contributed by atoms with Crippen molar-refractivity contribution in [3.8, 4) is 0 Å². The third-order valence-electron chi connectivity index (χ3n) is 1.22. The number of nitrogens with zero attached hydrogens (tertiary/aromatic N) is 1. The van der Waals surface area contributed by atoms with Gasteiger partial charge in [-0.05, 0) is 0 Å². The number of nitrogens with one attached hydrogen (secondary N) is 2. The van der Waals surface area contributed by atoms with Gasteiger partial charge in [0, 0.05) is 7.05 Å². The van der Waals surface area contributed by atoms with E-state index < -0.39 is 0 Å². The van der Waals surface area contributed by atoms with Crippen LogP contribution in [0.1, 0.15) is 0 Å². The predicted octanol–water partition coefficient (Wildman–Crippen LogP) is -0.602. The first-order valence-electron chi connectivity index (χ1n) is 2.98. The Balaban J connectivity index is 0.00000121. The minimum Gasteiger partial charge on any atom is -0.382 e. The van der Waals surface area contributed by atoms with Crippen LogP contribution in [-0.2, 0) is 0 Å². The summed E-state index contributed by atoms with van der Waals surface area (Å²) >= 11 is 0. The fourth-order valence-electron chi connectivity index (χ4n) is 0.750. The third-order valence-corrected chi connectivity index (χ3v) is 1.22. The molecule has 0 atom stereocenters. The molecule has 1 rings (SSSR count). The van der Waals surface area contributed by atoms with Gasteiger partial charge in [0.25, 0.3) is 5.56 Å². The molecule has 68 valence electrons. The van der Waals surface area contributed by atoms with E-state index >= 15 is 0 Å². The van der Waals surface area contributed by atoms with Crippen molar-refractivity contribution in [1.29, 1.82) is 0 Å². The lowest BCUT2D eigenvalue weighted by Gasteiger charge is -2.01. The molecule has 1 aromatic heterocycles. The Morgan fingerprint density at radius 2 is 2.08 bits per heavy atom. The molecule has 1 aromatic rings. The second-order valence-electron chi connectivity index (χ2n) is 1.96. The summed E-state index contributed by atoms with van der Waals surface area (Å²) < 4.78 is 0. The summed E-state index contributed by atoms with van der Waals surface area (Å²) in [4.78, 5) is 16.9. The number of aromatic nitrogens is 2. The van der Waals surface area contributed by atoms with Crippen LogP contribution in [0.3, 0.4) is 0 Å². The van der Waals surface area contributed by atoms with E-state index in [1.165, 1.54) is 0 Å². The van der Waals surface area contributed by atoms with Crippen LogP contribution in [0.4, 0.5) is 17.5 Å². The van der Waals surface area contributed by atoms with Gasteiger partial charge in [-0.15, -0.1) is 12.4 Å². The lowest BCUT2D eigenvalue weighted by Crippen LogP contribution is -2.17. The maximum Gasteiger partial charge on any atom is 0.277 e.